The van der Waals surface area contributed by atoms with Crippen molar-refractivity contribution in [1.82, 2.24) is 4.98 Å². The zero-order valence-electron chi connectivity index (χ0n) is 22.2. The SMILES string of the molecule is C/C(=C\c1csc(CO)n1)[C@@H]1C[C@@H]2O[C@]2(C)CCC[C@@H](C)[C@H](O)[C@@H](C)C(=O)C(C)(C)[C@@H](O)CC(=O)O1. The number of thiazole rings is 1. The Kier molecular flexibility index (Phi) is 9.15. The fourth-order valence-electron chi connectivity index (χ4n) is 5.08. The monoisotopic (exact) mass is 523 g/mol. The van der Waals surface area contributed by atoms with Gasteiger partial charge in [0.2, 0.25) is 0 Å². The third-order valence-electron chi connectivity index (χ3n) is 8.00. The van der Waals surface area contributed by atoms with Gasteiger partial charge in [0.1, 0.15) is 16.9 Å². The van der Waals surface area contributed by atoms with Crippen LogP contribution in [0.2, 0.25) is 0 Å². The van der Waals surface area contributed by atoms with Gasteiger partial charge in [0.25, 0.3) is 0 Å². The van der Waals surface area contributed by atoms with E-state index in [1.807, 2.05) is 32.2 Å². The molecule has 0 bridgehead atoms. The van der Waals surface area contributed by atoms with Gasteiger partial charge in [-0.2, -0.15) is 0 Å². The van der Waals surface area contributed by atoms with Gasteiger partial charge in [0.05, 0.1) is 48.0 Å². The molecular formula is C27H41NO7S. The Morgan fingerprint density at radius 1 is 1.25 bits per heavy atom. The van der Waals surface area contributed by atoms with E-state index in [0.29, 0.717) is 17.1 Å². The molecule has 3 heterocycles. The average molecular weight is 524 g/mol. The largest absolute Gasteiger partial charge is 0.458 e. The molecule has 0 saturated carbocycles. The standard InChI is InChI=1S/C27H41NO7S/c1-15-8-7-9-27(6)21(35-27)11-19(16(2)10-18-14-36-22(13-29)28-18)34-23(31)12-20(30)26(4,5)25(33)17(3)24(15)32/h10,14-15,17,19-21,24,29-30,32H,7-9,11-13H2,1-6H3/b16-10+/t15-,17-,19+,20+,21+,24+,27-/m1/s1. The number of epoxide rings is 1. The number of cyclic esters (lactones) is 1. The van der Waals surface area contributed by atoms with E-state index < -0.39 is 35.6 Å². The quantitative estimate of drug-likeness (QED) is 0.404. The Morgan fingerprint density at radius 2 is 1.94 bits per heavy atom. The Bertz CT molecular complexity index is 973. The molecule has 8 nitrogen and oxygen atoms in total. The molecule has 0 aromatic carbocycles. The van der Waals surface area contributed by atoms with E-state index in [9.17, 15) is 24.9 Å². The molecule has 0 amide bonds. The first-order valence-corrected chi connectivity index (χ1v) is 13.7. The van der Waals surface area contributed by atoms with Gasteiger partial charge in [0.15, 0.2) is 0 Å². The summed E-state index contributed by atoms with van der Waals surface area (Å²) in [7, 11) is 0. The number of ketones is 1. The van der Waals surface area contributed by atoms with Crippen LogP contribution in [0, 0.1) is 17.3 Å². The molecule has 0 unspecified atom stereocenters. The molecule has 2 aliphatic rings. The number of fused-ring (bicyclic) bond motifs is 1. The summed E-state index contributed by atoms with van der Waals surface area (Å²) in [6, 6.07) is 0. The highest BCUT2D eigenvalue weighted by Crippen LogP contribution is 2.45. The fraction of sp³-hybridized carbons (Fsp3) is 0.741. The summed E-state index contributed by atoms with van der Waals surface area (Å²) in [5.74, 6) is -1.64. The number of aromatic nitrogens is 1. The van der Waals surface area contributed by atoms with Crippen LogP contribution in [-0.4, -0.2) is 62.1 Å². The van der Waals surface area contributed by atoms with Crippen LogP contribution < -0.4 is 0 Å². The first-order valence-electron chi connectivity index (χ1n) is 12.8. The second kappa shape index (κ2) is 11.4. The molecule has 2 aliphatic heterocycles. The minimum atomic E-state index is -1.26. The molecule has 2 fully saturated rings. The Hall–Kier alpha value is -1.65. The Balaban J connectivity index is 1.85. The maximum Gasteiger partial charge on any atom is 0.309 e. The van der Waals surface area contributed by atoms with Crippen LogP contribution in [0.15, 0.2) is 11.0 Å². The highest BCUT2D eigenvalue weighted by atomic mass is 32.1. The normalized spacial score (nSPS) is 36.8. The number of esters is 1. The van der Waals surface area contributed by atoms with Crippen molar-refractivity contribution >= 4 is 29.2 Å². The first-order chi connectivity index (χ1) is 16.8. The van der Waals surface area contributed by atoms with Crippen LogP contribution in [0.5, 0.6) is 0 Å². The predicted octanol–water partition coefficient (Wildman–Crippen LogP) is 3.66. The van der Waals surface area contributed by atoms with E-state index in [1.54, 1.807) is 20.8 Å². The molecular weight excluding hydrogens is 482 g/mol. The van der Waals surface area contributed by atoms with Gasteiger partial charge in [-0.15, -0.1) is 11.3 Å². The number of Topliss-reactive ketones (excluding diaryl/α,β-unsaturated/α-hetero) is 1. The van der Waals surface area contributed by atoms with E-state index in [2.05, 4.69) is 4.98 Å². The van der Waals surface area contributed by atoms with Crippen LogP contribution >= 0.6 is 11.3 Å². The second-order valence-electron chi connectivity index (χ2n) is 11.3. The van der Waals surface area contributed by atoms with Crippen LogP contribution in [0.3, 0.4) is 0 Å². The molecule has 7 atom stereocenters. The van der Waals surface area contributed by atoms with Crippen molar-refractivity contribution in [3.8, 4) is 0 Å². The lowest BCUT2D eigenvalue weighted by atomic mass is 9.73. The van der Waals surface area contributed by atoms with Crippen molar-refractivity contribution in [2.45, 2.75) is 110 Å². The van der Waals surface area contributed by atoms with Crippen molar-refractivity contribution in [1.29, 1.82) is 0 Å². The predicted molar refractivity (Wildman–Crippen MR) is 137 cm³/mol. The number of carbonyl (C=O) groups excluding carboxylic acids is 2. The van der Waals surface area contributed by atoms with Crippen molar-refractivity contribution in [2.75, 3.05) is 0 Å². The summed E-state index contributed by atoms with van der Waals surface area (Å²) in [5, 5.41) is 33.4. The molecule has 202 valence electrons. The molecule has 1 aromatic heterocycles. The van der Waals surface area contributed by atoms with E-state index in [0.717, 1.165) is 24.8 Å². The van der Waals surface area contributed by atoms with Crippen LogP contribution in [0.1, 0.15) is 84.3 Å². The van der Waals surface area contributed by atoms with Gasteiger partial charge in [-0.1, -0.05) is 34.1 Å². The summed E-state index contributed by atoms with van der Waals surface area (Å²) >= 11 is 1.35. The highest BCUT2D eigenvalue weighted by molar-refractivity contribution is 7.09. The van der Waals surface area contributed by atoms with Gasteiger partial charge in [-0.25, -0.2) is 4.98 Å². The first kappa shape index (κ1) is 28.9. The molecule has 0 spiro atoms. The van der Waals surface area contributed by atoms with Gasteiger partial charge in [-0.05, 0) is 44.3 Å². The lowest BCUT2D eigenvalue weighted by Crippen LogP contribution is -2.45. The van der Waals surface area contributed by atoms with E-state index in [-0.39, 0.29) is 36.4 Å². The highest BCUT2D eigenvalue weighted by Gasteiger charge is 2.53. The van der Waals surface area contributed by atoms with E-state index in [1.165, 1.54) is 11.3 Å². The van der Waals surface area contributed by atoms with E-state index in [4.69, 9.17) is 9.47 Å². The third-order valence-corrected chi connectivity index (χ3v) is 8.85. The van der Waals surface area contributed by atoms with Gasteiger partial charge in [-0.3, -0.25) is 9.59 Å². The number of rotatable bonds is 3. The summed E-state index contributed by atoms with van der Waals surface area (Å²) in [5.41, 5.74) is -0.0964. The van der Waals surface area contributed by atoms with Crippen LogP contribution in [0.25, 0.3) is 6.08 Å². The maximum atomic E-state index is 13.2. The minimum Gasteiger partial charge on any atom is -0.458 e. The van der Waals surface area contributed by atoms with Gasteiger partial charge < -0.3 is 24.8 Å². The molecule has 0 aliphatic carbocycles. The summed E-state index contributed by atoms with van der Waals surface area (Å²) in [6.07, 6.45) is 1.60. The second-order valence-corrected chi connectivity index (χ2v) is 12.2. The number of ether oxygens (including phenoxy) is 2. The van der Waals surface area contributed by atoms with Crippen LogP contribution in [-0.2, 0) is 25.7 Å². The number of hydrogen-bond acceptors (Lipinski definition) is 9. The van der Waals surface area contributed by atoms with Crippen LogP contribution in [0.4, 0.5) is 0 Å². The third kappa shape index (κ3) is 6.61. The molecule has 3 rings (SSSR count). The Labute approximate surface area is 217 Å². The lowest BCUT2D eigenvalue weighted by Gasteiger charge is -2.34. The van der Waals surface area contributed by atoms with Crippen molar-refractivity contribution in [2.24, 2.45) is 17.3 Å². The Morgan fingerprint density at radius 3 is 2.58 bits per heavy atom. The summed E-state index contributed by atoms with van der Waals surface area (Å²) in [4.78, 5) is 30.5. The molecule has 1 aromatic rings. The van der Waals surface area contributed by atoms with Crippen molar-refractivity contribution < 1.29 is 34.4 Å². The zero-order valence-corrected chi connectivity index (χ0v) is 23.0. The molecule has 9 heteroatoms. The summed E-state index contributed by atoms with van der Waals surface area (Å²) < 4.78 is 11.9. The molecule has 0 radical (unpaired) electrons. The number of hydrogen-bond donors (Lipinski definition) is 3. The molecule has 36 heavy (non-hydrogen) atoms. The number of carbonyl (C=O) groups is 2. The van der Waals surface area contributed by atoms with Gasteiger partial charge >= 0.3 is 5.97 Å². The zero-order chi connectivity index (χ0) is 26.8. The van der Waals surface area contributed by atoms with Crippen molar-refractivity contribution in [3.63, 3.8) is 0 Å². The molecule has 2 saturated heterocycles. The fourth-order valence-corrected chi connectivity index (χ4v) is 5.69. The lowest BCUT2D eigenvalue weighted by molar-refractivity contribution is -0.154. The number of aliphatic hydroxyl groups is 3. The van der Waals surface area contributed by atoms with Crippen molar-refractivity contribution in [3.05, 3.63) is 21.7 Å². The molecule has 3 N–H and O–H groups in total. The number of aliphatic hydroxyl groups excluding tert-OH is 3. The average Bonchev–Trinajstić information content (AvgIpc) is 3.23. The number of nitrogens with zero attached hydrogens (tertiary/aromatic N) is 1. The summed E-state index contributed by atoms with van der Waals surface area (Å²) in [6.45, 7) is 10.6. The minimum absolute atomic E-state index is 0.0860. The van der Waals surface area contributed by atoms with E-state index >= 15 is 0 Å². The van der Waals surface area contributed by atoms with Gasteiger partial charge in [0, 0.05) is 17.7 Å². The maximum absolute atomic E-state index is 13.2. The smallest absolute Gasteiger partial charge is 0.309 e. The topological polar surface area (TPSA) is 129 Å².